The standard InChI is InChI=1S/C13H21N3O/c1-2-14-8-7-11-15-16-13(17-11)12-9-5-3-4-6-10(9)12/h9-10,12,14H,2-8H2,1H3. The van der Waals surface area contributed by atoms with Gasteiger partial charge in [-0.1, -0.05) is 19.8 Å². The third kappa shape index (κ3) is 2.23. The Hall–Kier alpha value is -0.900. The molecule has 4 heteroatoms. The molecule has 2 aliphatic carbocycles. The Labute approximate surface area is 102 Å². The van der Waals surface area contributed by atoms with Gasteiger partial charge in [0, 0.05) is 18.9 Å². The van der Waals surface area contributed by atoms with Crippen molar-refractivity contribution in [1.29, 1.82) is 0 Å². The summed E-state index contributed by atoms with van der Waals surface area (Å²) in [5.41, 5.74) is 0. The maximum Gasteiger partial charge on any atom is 0.220 e. The zero-order chi connectivity index (χ0) is 11.7. The van der Waals surface area contributed by atoms with Crippen molar-refractivity contribution in [2.24, 2.45) is 11.8 Å². The topological polar surface area (TPSA) is 51.0 Å². The number of hydrogen-bond donors (Lipinski definition) is 1. The first-order valence-electron chi connectivity index (χ1n) is 6.93. The van der Waals surface area contributed by atoms with Crippen LogP contribution in [0.2, 0.25) is 0 Å². The fourth-order valence-electron chi connectivity index (χ4n) is 3.23. The number of rotatable bonds is 5. The van der Waals surface area contributed by atoms with E-state index >= 15 is 0 Å². The molecule has 4 nitrogen and oxygen atoms in total. The summed E-state index contributed by atoms with van der Waals surface area (Å²) in [6, 6.07) is 0. The lowest BCUT2D eigenvalue weighted by Gasteiger charge is -2.04. The largest absolute Gasteiger partial charge is 0.425 e. The van der Waals surface area contributed by atoms with Gasteiger partial charge in [0.1, 0.15) is 0 Å². The summed E-state index contributed by atoms with van der Waals surface area (Å²) in [6.07, 6.45) is 6.36. The second kappa shape index (κ2) is 4.77. The lowest BCUT2D eigenvalue weighted by atomic mass is 10.0. The highest BCUT2D eigenvalue weighted by Crippen LogP contribution is 2.60. The average Bonchev–Trinajstić information content (AvgIpc) is 2.91. The monoisotopic (exact) mass is 235 g/mol. The third-order valence-corrected chi connectivity index (χ3v) is 4.19. The van der Waals surface area contributed by atoms with Gasteiger partial charge in [0.25, 0.3) is 0 Å². The molecule has 1 N–H and O–H groups in total. The highest BCUT2D eigenvalue weighted by atomic mass is 16.4. The SMILES string of the molecule is CCNCCc1nnc(C2C3CCCCC32)o1. The smallest absolute Gasteiger partial charge is 0.220 e. The van der Waals surface area contributed by atoms with Crippen molar-refractivity contribution in [2.75, 3.05) is 13.1 Å². The Morgan fingerprint density at radius 3 is 2.71 bits per heavy atom. The van der Waals surface area contributed by atoms with Gasteiger partial charge in [0.15, 0.2) is 0 Å². The summed E-state index contributed by atoms with van der Waals surface area (Å²) in [6.45, 7) is 4.03. The van der Waals surface area contributed by atoms with Crippen molar-refractivity contribution < 1.29 is 4.42 Å². The van der Waals surface area contributed by atoms with E-state index in [4.69, 9.17) is 4.42 Å². The minimum absolute atomic E-state index is 0.595. The molecular formula is C13H21N3O. The van der Waals surface area contributed by atoms with E-state index in [1.165, 1.54) is 25.7 Å². The van der Waals surface area contributed by atoms with Crippen molar-refractivity contribution >= 4 is 0 Å². The number of nitrogens with one attached hydrogen (secondary N) is 1. The van der Waals surface area contributed by atoms with Crippen LogP contribution < -0.4 is 5.32 Å². The summed E-state index contributed by atoms with van der Waals surface area (Å²) < 4.78 is 5.78. The Morgan fingerprint density at radius 2 is 2.00 bits per heavy atom. The maximum atomic E-state index is 5.78. The molecule has 2 aliphatic rings. The Bertz CT molecular complexity index is 364. The first-order valence-corrected chi connectivity index (χ1v) is 6.93. The molecule has 2 atom stereocenters. The van der Waals surface area contributed by atoms with Gasteiger partial charge in [-0.05, 0) is 31.2 Å². The predicted octanol–water partition coefficient (Wildman–Crippen LogP) is 2.13. The minimum Gasteiger partial charge on any atom is -0.425 e. The van der Waals surface area contributed by atoms with Gasteiger partial charge in [-0.25, -0.2) is 0 Å². The van der Waals surface area contributed by atoms with Crippen LogP contribution in [-0.4, -0.2) is 23.3 Å². The van der Waals surface area contributed by atoms with E-state index in [1.807, 2.05) is 0 Å². The molecule has 2 saturated carbocycles. The molecule has 0 radical (unpaired) electrons. The maximum absolute atomic E-state index is 5.78. The van der Waals surface area contributed by atoms with E-state index < -0.39 is 0 Å². The molecule has 0 amide bonds. The molecule has 0 spiro atoms. The molecule has 1 aromatic heterocycles. The lowest BCUT2D eigenvalue weighted by molar-refractivity contribution is 0.437. The summed E-state index contributed by atoms with van der Waals surface area (Å²) in [5.74, 6) is 4.01. The van der Waals surface area contributed by atoms with E-state index in [0.29, 0.717) is 5.92 Å². The number of likely N-dealkylation sites (N-methyl/N-ethyl adjacent to an activating group) is 1. The summed E-state index contributed by atoms with van der Waals surface area (Å²) >= 11 is 0. The molecule has 0 saturated heterocycles. The molecule has 2 unspecified atom stereocenters. The fraction of sp³-hybridized carbons (Fsp3) is 0.846. The van der Waals surface area contributed by atoms with Crippen LogP contribution in [0, 0.1) is 11.8 Å². The van der Waals surface area contributed by atoms with Gasteiger partial charge in [0.05, 0.1) is 0 Å². The third-order valence-electron chi connectivity index (χ3n) is 4.19. The van der Waals surface area contributed by atoms with Crippen LogP contribution >= 0.6 is 0 Å². The predicted molar refractivity (Wildman–Crippen MR) is 64.7 cm³/mol. The van der Waals surface area contributed by atoms with E-state index in [9.17, 15) is 0 Å². The van der Waals surface area contributed by atoms with Crippen LogP contribution in [0.25, 0.3) is 0 Å². The number of nitrogens with zero attached hydrogens (tertiary/aromatic N) is 2. The van der Waals surface area contributed by atoms with Crippen LogP contribution in [-0.2, 0) is 6.42 Å². The van der Waals surface area contributed by atoms with Gasteiger partial charge in [-0.15, -0.1) is 10.2 Å². The van der Waals surface area contributed by atoms with Crippen LogP contribution in [0.15, 0.2) is 4.42 Å². The normalized spacial score (nSPS) is 31.2. The summed E-state index contributed by atoms with van der Waals surface area (Å²) in [7, 11) is 0. The lowest BCUT2D eigenvalue weighted by Crippen LogP contribution is -2.16. The number of hydrogen-bond acceptors (Lipinski definition) is 4. The van der Waals surface area contributed by atoms with Crippen molar-refractivity contribution in [3.05, 3.63) is 11.8 Å². The Morgan fingerprint density at radius 1 is 1.24 bits per heavy atom. The number of aromatic nitrogens is 2. The molecule has 1 aromatic rings. The van der Waals surface area contributed by atoms with Gasteiger partial charge < -0.3 is 9.73 Å². The van der Waals surface area contributed by atoms with Gasteiger partial charge in [0.2, 0.25) is 11.8 Å². The van der Waals surface area contributed by atoms with Crippen LogP contribution in [0.5, 0.6) is 0 Å². The molecule has 3 rings (SSSR count). The molecule has 17 heavy (non-hydrogen) atoms. The minimum atomic E-state index is 0.595. The quantitative estimate of drug-likeness (QED) is 0.794. The zero-order valence-electron chi connectivity index (χ0n) is 10.5. The molecule has 1 heterocycles. The summed E-state index contributed by atoms with van der Waals surface area (Å²) in [4.78, 5) is 0. The van der Waals surface area contributed by atoms with Gasteiger partial charge in [-0.3, -0.25) is 0 Å². The molecular weight excluding hydrogens is 214 g/mol. The highest BCUT2D eigenvalue weighted by molar-refractivity contribution is 5.14. The van der Waals surface area contributed by atoms with E-state index in [2.05, 4.69) is 22.4 Å². The second-order valence-corrected chi connectivity index (χ2v) is 5.28. The molecule has 0 aromatic carbocycles. The Kier molecular flexibility index (Phi) is 3.14. The van der Waals surface area contributed by atoms with Crippen molar-refractivity contribution in [3.63, 3.8) is 0 Å². The molecule has 0 bridgehead atoms. The van der Waals surface area contributed by atoms with Gasteiger partial charge in [-0.2, -0.15) is 0 Å². The van der Waals surface area contributed by atoms with Crippen molar-refractivity contribution in [2.45, 2.75) is 44.9 Å². The average molecular weight is 235 g/mol. The van der Waals surface area contributed by atoms with E-state index in [1.54, 1.807) is 0 Å². The summed E-state index contributed by atoms with van der Waals surface area (Å²) in [5, 5.41) is 11.7. The molecule has 2 fully saturated rings. The first kappa shape index (κ1) is 11.2. The first-order chi connectivity index (χ1) is 8.40. The van der Waals surface area contributed by atoms with E-state index in [0.717, 1.165) is 43.1 Å². The zero-order valence-corrected chi connectivity index (χ0v) is 10.5. The highest BCUT2D eigenvalue weighted by Gasteiger charge is 2.54. The molecule has 94 valence electrons. The Balaban J connectivity index is 1.57. The molecule has 0 aliphatic heterocycles. The van der Waals surface area contributed by atoms with Crippen molar-refractivity contribution in [3.8, 4) is 0 Å². The number of fused-ring (bicyclic) bond motifs is 1. The van der Waals surface area contributed by atoms with Crippen LogP contribution in [0.3, 0.4) is 0 Å². The van der Waals surface area contributed by atoms with Crippen molar-refractivity contribution in [1.82, 2.24) is 15.5 Å². The van der Waals surface area contributed by atoms with Crippen LogP contribution in [0.4, 0.5) is 0 Å². The van der Waals surface area contributed by atoms with Crippen LogP contribution in [0.1, 0.15) is 50.3 Å². The fourth-order valence-corrected chi connectivity index (χ4v) is 3.23. The second-order valence-electron chi connectivity index (χ2n) is 5.28. The van der Waals surface area contributed by atoms with E-state index in [-0.39, 0.29) is 0 Å². The van der Waals surface area contributed by atoms with Gasteiger partial charge >= 0.3 is 0 Å².